The normalized spacial score (nSPS) is 13.7. The number of H-pyrrole nitrogens is 1. The van der Waals surface area contributed by atoms with Gasteiger partial charge in [-0.3, -0.25) is 14.7 Å². The highest BCUT2D eigenvalue weighted by Crippen LogP contribution is 2.21. The molecule has 160 valence electrons. The second-order valence-corrected chi connectivity index (χ2v) is 7.11. The summed E-state index contributed by atoms with van der Waals surface area (Å²) < 4.78 is 27.2. The van der Waals surface area contributed by atoms with Gasteiger partial charge < -0.3 is 15.5 Å². The zero-order chi connectivity index (χ0) is 21.8. The van der Waals surface area contributed by atoms with Crippen LogP contribution in [0.5, 0.6) is 0 Å². The minimum absolute atomic E-state index is 0.0315. The van der Waals surface area contributed by atoms with Gasteiger partial charge in [0.15, 0.2) is 17.3 Å². The molecule has 0 bridgehead atoms. The topological polar surface area (TPSA) is 103 Å². The maximum Gasteiger partial charge on any atom is 0.278 e. The summed E-state index contributed by atoms with van der Waals surface area (Å²) in [5, 5.41) is 11.4. The summed E-state index contributed by atoms with van der Waals surface area (Å²) in [5.74, 6) is -3.06. The predicted octanol–water partition coefficient (Wildman–Crippen LogP) is 3.58. The van der Waals surface area contributed by atoms with E-state index in [4.69, 9.17) is 0 Å². The van der Waals surface area contributed by atoms with E-state index in [9.17, 15) is 18.4 Å². The van der Waals surface area contributed by atoms with Gasteiger partial charge in [0.2, 0.25) is 0 Å². The number of pyridine rings is 1. The quantitative estimate of drug-likeness (QED) is 0.579. The van der Waals surface area contributed by atoms with Crippen LogP contribution in [-0.4, -0.2) is 40.1 Å². The average molecular weight is 426 g/mol. The van der Waals surface area contributed by atoms with Gasteiger partial charge >= 0.3 is 0 Å². The molecule has 1 aliphatic heterocycles. The highest BCUT2D eigenvalue weighted by molar-refractivity contribution is 6.11. The number of carbonyl (C=O) groups excluding carboxylic acids is 2. The number of halogens is 2. The molecule has 0 saturated carbocycles. The molecule has 3 heterocycles. The molecule has 4 rings (SSSR count). The first-order valence-corrected chi connectivity index (χ1v) is 9.84. The van der Waals surface area contributed by atoms with Crippen molar-refractivity contribution < 1.29 is 18.4 Å². The molecule has 1 aromatic carbocycles. The summed E-state index contributed by atoms with van der Waals surface area (Å²) in [6.45, 7) is 1.92. The van der Waals surface area contributed by atoms with E-state index in [1.54, 1.807) is 12.3 Å². The molecule has 0 aliphatic carbocycles. The lowest BCUT2D eigenvalue weighted by Crippen LogP contribution is -2.30. The highest BCUT2D eigenvalue weighted by atomic mass is 19.2. The number of hydrogen-bond acceptors (Lipinski definition) is 5. The Balaban J connectivity index is 1.44. The zero-order valence-corrected chi connectivity index (χ0v) is 16.5. The van der Waals surface area contributed by atoms with Crippen LogP contribution in [0.1, 0.15) is 40.1 Å². The molecule has 0 atom stereocenters. The van der Waals surface area contributed by atoms with Gasteiger partial charge in [-0.1, -0.05) is 6.07 Å². The van der Waals surface area contributed by atoms with E-state index < -0.39 is 29.0 Å². The van der Waals surface area contributed by atoms with Crippen LogP contribution in [-0.2, 0) is 0 Å². The minimum atomic E-state index is -1.27. The number of hydrogen-bond donors (Lipinski definition) is 3. The van der Waals surface area contributed by atoms with Gasteiger partial charge in [-0.15, -0.1) is 0 Å². The van der Waals surface area contributed by atoms with Crippen LogP contribution in [0, 0.1) is 11.6 Å². The lowest BCUT2D eigenvalue weighted by Gasteiger charge is -2.27. The summed E-state index contributed by atoms with van der Waals surface area (Å²) in [5.41, 5.74) is -0.0957. The van der Waals surface area contributed by atoms with Gasteiger partial charge in [0.05, 0.1) is 23.1 Å². The fourth-order valence-corrected chi connectivity index (χ4v) is 3.39. The standard InChI is InChI=1S/C21H20F2N6O2/c22-15-6-4-5-14(18(15)23)20(30)27-16-12-25-28-19(16)21(31)26-13-7-8-17(24-11-13)29-9-2-1-3-10-29/h4-8,11-12H,1-3,9-10H2,(H,25,28)(H,26,31)(H,27,30). The van der Waals surface area contributed by atoms with Crippen molar-refractivity contribution in [3.8, 4) is 0 Å². The van der Waals surface area contributed by atoms with Gasteiger partial charge in [-0.2, -0.15) is 5.10 Å². The largest absolute Gasteiger partial charge is 0.357 e. The van der Waals surface area contributed by atoms with E-state index in [0.717, 1.165) is 43.9 Å². The Morgan fingerprint density at radius 2 is 1.81 bits per heavy atom. The molecular weight excluding hydrogens is 406 g/mol. The SMILES string of the molecule is O=C(Nc1c[nH]nc1C(=O)Nc1ccc(N2CCCCC2)nc1)c1cccc(F)c1F. The molecule has 8 nitrogen and oxygen atoms in total. The zero-order valence-electron chi connectivity index (χ0n) is 16.5. The lowest BCUT2D eigenvalue weighted by molar-refractivity contribution is 0.102. The molecule has 1 saturated heterocycles. The van der Waals surface area contributed by atoms with E-state index in [0.29, 0.717) is 5.69 Å². The lowest BCUT2D eigenvalue weighted by atomic mass is 10.1. The molecule has 31 heavy (non-hydrogen) atoms. The van der Waals surface area contributed by atoms with Crippen molar-refractivity contribution >= 4 is 29.0 Å². The van der Waals surface area contributed by atoms with E-state index in [-0.39, 0.29) is 11.4 Å². The molecule has 3 N–H and O–H groups in total. The monoisotopic (exact) mass is 426 g/mol. The first kappa shape index (κ1) is 20.5. The number of aromatic amines is 1. The van der Waals surface area contributed by atoms with Gasteiger partial charge in [-0.05, 0) is 43.5 Å². The molecule has 2 aromatic heterocycles. The molecule has 0 radical (unpaired) electrons. The summed E-state index contributed by atoms with van der Waals surface area (Å²) in [7, 11) is 0. The number of nitrogens with zero attached hydrogens (tertiary/aromatic N) is 3. The number of benzene rings is 1. The third-order valence-corrected chi connectivity index (χ3v) is 4.99. The molecule has 10 heteroatoms. The Bertz CT molecular complexity index is 1090. The Morgan fingerprint density at radius 3 is 2.55 bits per heavy atom. The maximum absolute atomic E-state index is 13.8. The maximum atomic E-state index is 13.8. The summed E-state index contributed by atoms with van der Waals surface area (Å²) >= 11 is 0. The second-order valence-electron chi connectivity index (χ2n) is 7.11. The number of piperidine rings is 1. The Labute approximate surface area is 176 Å². The van der Waals surface area contributed by atoms with Gasteiger partial charge in [0.25, 0.3) is 11.8 Å². The van der Waals surface area contributed by atoms with E-state index >= 15 is 0 Å². The van der Waals surface area contributed by atoms with E-state index in [1.165, 1.54) is 18.7 Å². The summed E-state index contributed by atoms with van der Waals surface area (Å²) in [6, 6.07) is 6.84. The molecule has 3 aromatic rings. The van der Waals surface area contributed by atoms with Crippen molar-refractivity contribution in [1.29, 1.82) is 0 Å². The van der Waals surface area contributed by atoms with Crippen molar-refractivity contribution in [2.24, 2.45) is 0 Å². The molecule has 2 amide bonds. The van der Waals surface area contributed by atoms with E-state index in [2.05, 4.69) is 30.7 Å². The van der Waals surface area contributed by atoms with Gasteiger partial charge in [-0.25, -0.2) is 13.8 Å². The van der Waals surface area contributed by atoms with E-state index in [1.807, 2.05) is 6.07 Å². The first-order chi connectivity index (χ1) is 15.0. The van der Waals surface area contributed by atoms with Gasteiger partial charge in [0, 0.05) is 19.3 Å². The highest BCUT2D eigenvalue weighted by Gasteiger charge is 2.21. The van der Waals surface area contributed by atoms with Gasteiger partial charge in [0.1, 0.15) is 5.82 Å². The third kappa shape index (κ3) is 4.52. The Hall–Kier alpha value is -3.82. The number of nitrogens with one attached hydrogen (secondary N) is 3. The fraction of sp³-hybridized carbons (Fsp3) is 0.238. The van der Waals surface area contributed by atoms with Crippen molar-refractivity contribution in [3.63, 3.8) is 0 Å². The van der Waals surface area contributed by atoms with Crippen LogP contribution in [0.2, 0.25) is 0 Å². The Kier molecular flexibility index (Phi) is 5.87. The number of anilines is 3. The minimum Gasteiger partial charge on any atom is -0.357 e. The Morgan fingerprint density at radius 1 is 1.00 bits per heavy atom. The number of carbonyl (C=O) groups is 2. The van der Waals surface area contributed by atoms with Crippen molar-refractivity contribution in [1.82, 2.24) is 15.2 Å². The van der Waals surface area contributed by atoms with Crippen molar-refractivity contribution in [2.75, 3.05) is 28.6 Å². The number of amides is 2. The first-order valence-electron chi connectivity index (χ1n) is 9.84. The van der Waals surface area contributed by atoms with Crippen molar-refractivity contribution in [2.45, 2.75) is 19.3 Å². The van der Waals surface area contributed by atoms with Crippen LogP contribution in [0.15, 0.2) is 42.7 Å². The average Bonchev–Trinajstić information content (AvgIpc) is 3.25. The van der Waals surface area contributed by atoms with Crippen LogP contribution >= 0.6 is 0 Å². The fourth-order valence-electron chi connectivity index (χ4n) is 3.39. The number of rotatable bonds is 5. The van der Waals surface area contributed by atoms with Crippen LogP contribution in [0.4, 0.5) is 26.0 Å². The van der Waals surface area contributed by atoms with Crippen LogP contribution < -0.4 is 15.5 Å². The predicted molar refractivity (Wildman–Crippen MR) is 111 cm³/mol. The molecular formula is C21H20F2N6O2. The van der Waals surface area contributed by atoms with Crippen molar-refractivity contribution in [3.05, 3.63) is 65.6 Å². The molecule has 0 spiro atoms. The third-order valence-electron chi connectivity index (χ3n) is 4.99. The summed E-state index contributed by atoms with van der Waals surface area (Å²) in [6.07, 6.45) is 6.32. The van der Waals surface area contributed by atoms with Crippen LogP contribution in [0.25, 0.3) is 0 Å². The molecule has 0 unspecified atom stereocenters. The molecule has 1 fully saturated rings. The second kappa shape index (κ2) is 8.90. The summed E-state index contributed by atoms with van der Waals surface area (Å²) in [4.78, 5) is 31.5. The molecule has 1 aliphatic rings. The van der Waals surface area contributed by atoms with Crippen LogP contribution in [0.3, 0.4) is 0 Å². The number of aromatic nitrogens is 3. The smallest absolute Gasteiger partial charge is 0.278 e.